The number of methoxy groups -OCH3 is 1. The van der Waals surface area contributed by atoms with E-state index in [1.54, 1.807) is 19.3 Å². The number of amides is 1. The maximum absolute atomic E-state index is 12.4. The lowest BCUT2D eigenvalue weighted by Gasteiger charge is -2.11. The summed E-state index contributed by atoms with van der Waals surface area (Å²) in [6.07, 6.45) is 1.77. The van der Waals surface area contributed by atoms with Crippen molar-refractivity contribution in [1.82, 2.24) is 14.8 Å². The lowest BCUT2D eigenvalue weighted by molar-refractivity contribution is -0.113. The Morgan fingerprint density at radius 1 is 1.23 bits per heavy atom. The number of hydrogen-bond donors (Lipinski definition) is 1. The second-order valence-corrected chi connectivity index (χ2v) is 7.87. The summed E-state index contributed by atoms with van der Waals surface area (Å²) in [6, 6.07) is 13.3. The molecule has 1 heterocycles. The van der Waals surface area contributed by atoms with E-state index in [0.717, 1.165) is 11.3 Å². The number of nitrogens with zero attached hydrogens (tertiary/aromatic N) is 3. The van der Waals surface area contributed by atoms with E-state index in [0.29, 0.717) is 29.0 Å². The van der Waals surface area contributed by atoms with Crippen molar-refractivity contribution in [3.8, 4) is 11.5 Å². The summed E-state index contributed by atoms with van der Waals surface area (Å²) in [5, 5.41) is 12.0. The zero-order valence-electron chi connectivity index (χ0n) is 17.9. The third-order valence-electron chi connectivity index (χ3n) is 4.48. The van der Waals surface area contributed by atoms with Gasteiger partial charge in [0.15, 0.2) is 11.0 Å². The number of anilines is 1. The van der Waals surface area contributed by atoms with E-state index < -0.39 is 0 Å². The Kier molecular flexibility index (Phi) is 7.72. The average Bonchev–Trinajstić information content (AvgIpc) is 3.13. The number of carbonyl (C=O) groups excluding carboxylic acids is 1. The highest BCUT2D eigenvalue weighted by Crippen LogP contribution is 2.22. The van der Waals surface area contributed by atoms with Crippen molar-refractivity contribution in [1.29, 1.82) is 0 Å². The molecule has 3 aromatic rings. The third-order valence-corrected chi connectivity index (χ3v) is 5.44. The monoisotopic (exact) mass is 438 g/mol. The number of aryl methyl sites for hydroxylation is 2. The predicted molar refractivity (Wildman–Crippen MR) is 123 cm³/mol. The van der Waals surface area contributed by atoms with E-state index in [4.69, 9.17) is 9.47 Å². The lowest BCUT2D eigenvalue weighted by Crippen LogP contribution is -2.15. The summed E-state index contributed by atoms with van der Waals surface area (Å²) < 4.78 is 13.0. The second kappa shape index (κ2) is 10.7. The van der Waals surface area contributed by atoms with Crippen molar-refractivity contribution in [3.05, 3.63) is 72.1 Å². The molecule has 2 aromatic carbocycles. The van der Waals surface area contributed by atoms with Crippen LogP contribution in [0.1, 0.15) is 17.0 Å². The molecule has 31 heavy (non-hydrogen) atoms. The first kappa shape index (κ1) is 22.4. The molecule has 1 aromatic heterocycles. The molecule has 0 aliphatic rings. The number of rotatable bonds is 10. The Morgan fingerprint density at radius 2 is 2.06 bits per heavy atom. The van der Waals surface area contributed by atoms with Crippen molar-refractivity contribution < 1.29 is 14.3 Å². The van der Waals surface area contributed by atoms with E-state index in [9.17, 15) is 4.79 Å². The first-order chi connectivity index (χ1) is 15.0. The minimum atomic E-state index is -0.139. The van der Waals surface area contributed by atoms with Crippen LogP contribution in [0.5, 0.6) is 11.5 Å². The highest BCUT2D eigenvalue weighted by molar-refractivity contribution is 7.99. The SMILES string of the molecule is C=CCn1c(COc2ccc(C)cc2C)nnc1SCC(=O)Nc1cccc(OC)c1. The van der Waals surface area contributed by atoms with Gasteiger partial charge in [0, 0.05) is 18.3 Å². The molecule has 0 saturated carbocycles. The fourth-order valence-corrected chi connectivity index (χ4v) is 3.74. The molecule has 0 aliphatic heterocycles. The molecule has 162 valence electrons. The summed E-state index contributed by atoms with van der Waals surface area (Å²) >= 11 is 1.31. The van der Waals surface area contributed by atoms with Crippen LogP contribution in [0.15, 0.2) is 60.3 Å². The fourth-order valence-electron chi connectivity index (χ4n) is 2.98. The van der Waals surface area contributed by atoms with Crippen LogP contribution < -0.4 is 14.8 Å². The highest BCUT2D eigenvalue weighted by atomic mass is 32.2. The number of allylic oxidation sites excluding steroid dienone is 1. The van der Waals surface area contributed by atoms with Crippen LogP contribution in [0.2, 0.25) is 0 Å². The Bertz CT molecular complexity index is 1060. The molecule has 1 N–H and O–H groups in total. The summed E-state index contributed by atoms with van der Waals surface area (Å²) in [6.45, 7) is 8.67. The fraction of sp³-hybridized carbons (Fsp3) is 0.261. The van der Waals surface area contributed by atoms with Gasteiger partial charge in [0.25, 0.3) is 0 Å². The van der Waals surface area contributed by atoms with E-state index in [1.807, 2.05) is 48.7 Å². The van der Waals surface area contributed by atoms with E-state index in [1.165, 1.54) is 17.3 Å². The van der Waals surface area contributed by atoms with Gasteiger partial charge in [-0.25, -0.2) is 0 Å². The zero-order chi connectivity index (χ0) is 22.2. The van der Waals surface area contributed by atoms with E-state index in [-0.39, 0.29) is 18.3 Å². The van der Waals surface area contributed by atoms with Gasteiger partial charge in [-0.1, -0.05) is 41.6 Å². The van der Waals surface area contributed by atoms with Crippen molar-refractivity contribution in [3.63, 3.8) is 0 Å². The van der Waals surface area contributed by atoms with Gasteiger partial charge >= 0.3 is 0 Å². The number of ether oxygens (including phenoxy) is 2. The standard InChI is InChI=1S/C23H26N4O3S/c1-5-11-27-21(14-30-20-10-9-16(2)12-17(20)3)25-26-23(27)31-15-22(28)24-18-7-6-8-19(13-18)29-4/h5-10,12-13H,1,11,14-15H2,2-4H3,(H,24,28). The third kappa shape index (κ3) is 6.11. The molecular formula is C23H26N4O3S. The van der Waals surface area contributed by atoms with Gasteiger partial charge in [0.1, 0.15) is 18.1 Å². The van der Waals surface area contributed by atoms with Gasteiger partial charge in [0.2, 0.25) is 5.91 Å². The summed E-state index contributed by atoms with van der Waals surface area (Å²) in [5.74, 6) is 2.23. The van der Waals surface area contributed by atoms with Crippen LogP contribution in [0.25, 0.3) is 0 Å². The molecule has 0 aliphatic carbocycles. The minimum Gasteiger partial charge on any atom is -0.497 e. The van der Waals surface area contributed by atoms with Crippen LogP contribution in [0.3, 0.4) is 0 Å². The van der Waals surface area contributed by atoms with Crippen molar-refractivity contribution in [2.75, 3.05) is 18.2 Å². The van der Waals surface area contributed by atoms with Crippen LogP contribution in [0, 0.1) is 13.8 Å². The van der Waals surface area contributed by atoms with Crippen molar-refractivity contribution in [2.24, 2.45) is 0 Å². The summed E-state index contributed by atoms with van der Waals surface area (Å²) in [5.41, 5.74) is 2.93. The van der Waals surface area contributed by atoms with Crippen LogP contribution >= 0.6 is 11.8 Å². The predicted octanol–water partition coefficient (Wildman–Crippen LogP) is 4.40. The molecule has 0 unspecified atom stereocenters. The van der Waals surface area contributed by atoms with Gasteiger partial charge in [-0.05, 0) is 37.6 Å². The van der Waals surface area contributed by atoms with Gasteiger partial charge in [-0.2, -0.15) is 0 Å². The number of hydrogen-bond acceptors (Lipinski definition) is 6. The molecule has 0 fully saturated rings. The van der Waals surface area contributed by atoms with Gasteiger partial charge < -0.3 is 14.8 Å². The Hall–Kier alpha value is -3.26. The number of thioether (sulfide) groups is 1. The molecule has 0 saturated heterocycles. The average molecular weight is 439 g/mol. The molecule has 1 amide bonds. The van der Waals surface area contributed by atoms with Crippen molar-refractivity contribution in [2.45, 2.75) is 32.2 Å². The lowest BCUT2D eigenvalue weighted by atomic mass is 10.1. The molecule has 7 nitrogen and oxygen atoms in total. The molecule has 0 spiro atoms. The Morgan fingerprint density at radius 3 is 2.81 bits per heavy atom. The smallest absolute Gasteiger partial charge is 0.234 e. The number of benzene rings is 2. The van der Waals surface area contributed by atoms with Gasteiger partial charge in [-0.3, -0.25) is 9.36 Å². The van der Waals surface area contributed by atoms with Gasteiger partial charge in [-0.15, -0.1) is 16.8 Å². The van der Waals surface area contributed by atoms with Crippen molar-refractivity contribution >= 4 is 23.4 Å². The number of nitrogens with one attached hydrogen (secondary N) is 1. The molecule has 0 atom stereocenters. The molecule has 3 rings (SSSR count). The summed E-state index contributed by atoms with van der Waals surface area (Å²) in [7, 11) is 1.59. The largest absolute Gasteiger partial charge is 0.497 e. The first-order valence-electron chi connectivity index (χ1n) is 9.80. The molecule has 0 radical (unpaired) electrons. The van der Waals surface area contributed by atoms with Crippen LogP contribution in [0.4, 0.5) is 5.69 Å². The maximum Gasteiger partial charge on any atom is 0.234 e. The molecule has 0 bridgehead atoms. The van der Waals surface area contributed by atoms with E-state index in [2.05, 4.69) is 28.2 Å². The zero-order valence-corrected chi connectivity index (χ0v) is 18.7. The minimum absolute atomic E-state index is 0.139. The second-order valence-electron chi connectivity index (χ2n) is 6.92. The molecular weight excluding hydrogens is 412 g/mol. The number of aromatic nitrogens is 3. The van der Waals surface area contributed by atoms with Gasteiger partial charge in [0.05, 0.1) is 12.9 Å². The van der Waals surface area contributed by atoms with E-state index >= 15 is 0 Å². The summed E-state index contributed by atoms with van der Waals surface area (Å²) in [4.78, 5) is 12.4. The maximum atomic E-state index is 12.4. The Balaban J connectivity index is 1.62. The Labute approximate surface area is 186 Å². The number of carbonyl (C=O) groups is 1. The normalized spacial score (nSPS) is 10.5. The van der Waals surface area contributed by atoms with Crippen LogP contribution in [-0.4, -0.2) is 33.5 Å². The topological polar surface area (TPSA) is 78.3 Å². The molecule has 8 heteroatoms. The highest BCUT2D eigenvalue weighted by Gasteiger charge is 2.15. The quantitative estimate of drug-likeness (QED) is 0.373. The first-order valence-corrected chi connectivity index (χ1v) is 10.8. The van der Waals surface area contributed by atoms with Crippen LogP contribution in [-0.2, 0) is 17.9 Å².